The number of nitrogens with one attached hydrogen (secondary N) is 3. The van der Waals surface area contributed by atoms with Crippen LogP contribution in [0.4, 0.5) is 30.7 Å². The Hall–Kier alpha value is -1.39. The fraction of sp³-hybridized carbons (Fsp3) is 0.840. The van der Waals surface area contributed by atoms with E-state index in [9.17, 15) is 49.9 Å². The van der Waals surface area contributed by atoms with Gasteiger partial charge in [-0.15, -0.1) is 0 Å². The van der Waals surface area contributed by atoms with Gasteiger partial charge < -0.3 is 26.4 Å². The Morgan fingerprint density at radius 2 is 1.50 bits per heavy atom. The van der Waals surface area contributed by atoms with E-state index < -0.39 is 66.6 Å². The molecule has 2 aliphatic carbocycles. The van der Waals surface area contributed by atoms with E-state index in [2.05, 4.69) is 10.6 Å². The van der Waals surface area contributed by atoms with Crippen molar-refractivity contribution in [3.8, 4) is 0 Å². The number of hydrogen-bond acceptors (Lipinski definition) is 5. The molecule has 1 saturated heterocycles. The molecule has 1 heterocycles. The molecule has 3 aliphatic rings. The van der Waals surface area contributed by atoms with Crippen LogP contribution in [0.2, 0.25) is 0 Å². The van der Waals surface area contributed by atoms with Gasteiger partial charge in [-0.2, -0.15) is 13.2 Å². The van der Waals surface area contributed by atoms with Gasteiger partial charge in [-0.05, 0) is 51.4 Å². The van der Waals surface area contributed by atoms with Crippen LogP contribution in [0.5, 0.6) is 0 Å². The number of nitrogens with zero attached hydrogens (tertiary/aromatic N) is 1. The average Bonchev–Trinajstić information content (AvgIpc) is 3.58. The third kappa shape index (κ3) is 17.7. The SMILES string of the molecule is CCC(C)(F)F.CO.FC(F)F.[NH-][C@H](C(=O)N1CCCC1C(=O)NCC(=O)C(=O)NC1CC1)C1CCC(F)(F)CC1.[Y]. The molecule has 2 saturated carbocycles. The Bertz CT molecular complexity index is 836. The number of amides is 3. The first kappa shape index (κ1) is 42.7. The summed E-state index contributed by atoms with van der Waals surface area (Å²) >= 11 is 0. The molecule has 0 aromatic heterocycles. The van der Waals surface area contributed by atoms with E-state index in [1.807, 2.05) is 0 Å². The molecule has 0 spiro atoms. The van der Waals surface area contributed by atoms with E-state index >= 15 is 0 Å². The monoisotopic (exact) mass is 698 g/mol. The van der Waals surface area contributed by atoms with Crippen LogP contribution in [0.3, 0.4) is 0 Å². The molecule has 17 heteroatoms. The van der Waals surface area contributed by atoms with Crippen molar-refractivity contribution >= 4 is 23.5 Å². The Balaban J connectivity index is 0. The van der Waals surface area contributed by atoms with Crippen molar-refractivity contribution in [1.82, 2.24) is 15.5 Å². The average molecular weight is 699 g/mol. The molecular weight excluding hydrogens is 658 g/mol. The van der Waals surface area contributed by atoms with Crippen LogP contribution in [0.1, 0.15) is 71.6 Å². The maximum Gasteiger partial charge on any atom is 0.379 e. The second-order valence-electron chi connectivity index (χ2n) is 9.92. The van der Waals surface area contributed by atoms with E-state index in [4.69, 9.17) is 10.8 Å². The molecule has 243 valence electrons. The molecule has 1 aliphatic heterocycles. The first-order chi connectivity index (χ1) is 19.0. The van der Waals surface area contributed by atoms with Crippen LogP contribution < -0.4 is 10.6 Å². The number of carbonyl (C=O) groups is 4. The molecule has 42 heavy (non-hydrogen) atoms. The first-order valence-corrected chi connectivity index (χ1v) is 13.2. The number of Topliss-reactive ketones (excluding diaryl/α,β-unsaturated/α-hetero) is 1. The number of rotatable bonds is 8. The van der Waals surface area contributed by atoms with Crippen LogP contribution in [0.15, 0.2) is 0 Å². The summed E-state index contributed by atoms with van der Waals surface area (Å²) in [5.74, 6) is -8.18. The zero-order valence-electron chi connectivity index (χ0n) is 23.9. The molecule has 2 atom stereocenters. The quantitative estimate of drug-likeness (QED) is 0.260. The molecule has 3 amide bonds. The number of halogens is 7. The van der Waals surface area contributed by atoms with E-state index in [0.29, 0.717) is 19.4 Å². The summed E-state index contributed by atoms with van der Waals surface area (Å²) in [5.41, 5.74) is 8.22. The topological polar surface area (TPSA) is 140 Å². The maximum absolute atomic E-state index is 13.3. The normalized spacial score (nSPS) is 20.2. The summed E-state index contributed by atoms with van der Waals surface area (Å²) < 4.78 is 78.6. The summed E-state index contributed by atoms with van der Waals surface area (Å²) in [4.78, 5) is 50.0. The zero-order valence-corrected chi connectivity index (χ0v) is 26.8. The number of likely N-dealkylation sites (tertiary alicyclic amines) is 1. The standard InChI is InChI=1S/C19H27F2N4O4.C4H8F2.CHF3.CH4O.Y/c20-19(21)7-5-11(6-8-19)15(22)18(29)25-9-1-2-13(25)16(27)23-10-14(26)17(28)24-12-3-4-12;1-3-4(2,5)6;2-1(3)4;1-2;/h11-13,15,22H,1-10H2,(H,23,27)(H,24,28);3H2,1-2H3;1H;2H,1H3;/q-1;;;;/t13?,15-;;;;/m0..../s1. The van der Waals surface area contributed by atoms with E-state index in [-0.39, 0.29) is 70.9 Å². The molecule has 0 aromatic carbocycles. The predicted octanol–water partition coefficient (Wildman–Crippen LogP) is 4.02. The minimum absolute atomic E-state index is 0. The third-order valence-electron chi connectivity index (χ3n) is 6.55. The maximum atomic E-state index is 13.3. The van der Waals surface area contributed by atoms with Gasteiger partial charge in [0.2, 0.25) is 29.4 Å². The Morgan fingerprint density at radius 1 is 1.02 bits per heavy atom. The minimum Gasteiger partial charge on any atom is -0.667 e. The van der Waals surface area contributed by atoms with Gasteiger partial charge in [0.05, 0.1) is 6.54 Å². The van der Waals surface area contributed by atoms with Crippen LogP contribution in [0.25, 0.3) is 5.73 Å². The molecule has 0 bridgehead atoms. The van der Waals surface area contributed by atoms with Gasteiger partial charge in [0.25, 0.3) is 5.91 Å². The van der Waals surface area contributed by atoms with Gasteiger partial charge >= 0.3 is 6.68 Å². The van der Waals surface area contributed by atoms with E-state index in [0.717, 1.165) is 26.9 Å². The number of ketones is 1. The number of carbonyl (C=O) groups excluding carboxylic acids is 4. The first-order valence-electron chi connectivity index (χ1n) is 13.2. The van der Waals surface area contributed by atoms with Crippen molar-refractivity contribution < 1.29 is 87.7 Å². The predicted molar refractivity (Wildman–Crippen MR) is 135 cm³/mol. The van der Waals surface area contributed by atoms with Crippen molar-refractivity contribution in [3.63, 3.8) is 0 Å². The molecule has 3 rings (SSSR count). The van der Waals surface area contributed by atoms with Crippen molar-refractivity contribution in [3.05, 3.63) is 5.73 Å². The Morgan fingerprint density at radius 3 is 1.93 bits per heavy atom. The Labute approximate surface area is 266 Å². The van der Waals surface area contributed by atoms with Crippen molar-refractivity contribution in [2.24, 2.45) is 5.92 Å². The molecule has 0 aromatic rings. The Kier molecular flexibility index (Phi) is 20.9. The van der Waals surface area contributed by atoms with Gasteiger partial charge in [0.15, 0.2) is 0 Å². The second-order valence-corrected chi connectivity index (χ2v) is 9.92. The zero-order chi connectivity index (χ0) is 32.0. The number of alkyl halides is 7. The second kappa shape index (κ2) is 20.5. The van der Waals surface area contributed by atoms with Crippen LogP contribution in [0, 0.1) is 5.92 Å². The minimum atomic E-state index is -3.67. The fourth-order valence-corrected chi connectivity index (χ4v) is 3.94. The molecule has 1 radical (unpaired) electrons. The number of aliphatic hydroxyl groups is 1. The van der Waals surface area contributed by atoms with Gasteiger partial charge in [0.1, 0.15) is 6.04 Å². The smallest absolute Gasteiger partial charge is 0.379 e. The van der Waals surface area contributed by atoms with Crippen LogP contribution in [-0.4, -0.2) is 90.4 Å². The molecular formula is C25H40F7N4O5Y-. The summed E-state index contributed by atoms with van der Waals surface area (Å²) in [6, 6.07) is -1.94. The van der Waals surface area contributed by atoms with Crippen molar-refractivity contribution in [1.29, 1.82) is 0 Å². The summed E-state index contributed by atoms with van der Waals surface area (Å²) in [6.45, 7) is -1.43. The van der Waals surface area contributed by atoms with Gasteiger partial charge in [-0.1, -0.05) is 13.0 Å². The molecule has 4 N–H and O–H groups in total. The molecule has 1 unspecified atom stereocenters. The molecule has 3 fully saturated rings. The third-order valence-corrected chi connectivity index (χ3v) is 6.55. The summed E-state index contributed by atoms with van der Waals surface area (Å²) in [6.07, 6.45) is 2.18. The van der Waals surface area contributed by atoms with Crippen LogP contribution >= 0.6 is 0 Å². The fourth-order valence-electron chi connectivity index (χ4n) is 3.94. The number of aliphatic hydroxyl groups excluding tert-OH is 1. The molecule has 9 nitrogen and oxygen atoms in total. The summed E-state index contributed by atoms with van der Waals surface area (Å²) in [7, 11) is 1.00. The summed E-state index contributed by atoms with van der Waals surface area (Å²) in [5, 5.41) is 12.0. The van der Waals surface area contributed by atoms with Crippen LogP contribution in [-0.2, 0) is 51.9 Å². The van der Waals surface area contributed by atoms with Gasteiger partial charge in [-0.3, -0.25) is 19.2 Å². The largest absolute Gasteiger partial charge is 0.667 e. The van der Waals surface area contributed by atoms with Gasteiger partial charge in [0, 0.05) is 71.7 Å². The number of hydrogen-bond donors (Lipinski definition) is 3. The van der Waals surface area contributed by atoms with Gasteiger partial charge in [-0.25, -0.2) is 17.6 Å². The van der Waals surface area contributed by atoms with E-state index in [1.54, 1.807) is 0 Å². The van der Waals surface area contributed by atoms with Crippen molar-refractivity contribution in [2.45, 2.75) is 108 Å². The van der Waals surface area contributed by atoms with E-state index in [1.165, 1.54) is 11.8 Å². The van der Waals surface area contributed by atoms with Crippen molar-refractivity contribution in [2.75, 3.05) is 20.2 Å².